The molecule has 2 N–H and O–H groups in total. The Hall–Kier alpha value is -2.56. The fraction of sp³-hybridized carbons (Fsp3) is 0.0769. The Kier molecular flexibility index (Phi) is 2.37. The van der Waals surface area contributed by atoms with E-state index in [1.165, 1.54) is 6.33 Å². The number of aryl methyl sites for hydroxylation is 1. The van der Waals surface area contributed by atoms with Gasteiger partial charge in [0.05, 0.1) is 5.69 Å². The molecule has 2 aromatic heterocycles. The van der Waals surface area contributed by atoms with Crippen LogP contribution in [0.15, 0.2) is 42.9 Å². The van der Waals surface area contributed by atoms with Crippen LogP contribution in [-0.4, -0.2) is 14.6 Å². The molecular formula is C13H12N4O. The van der Waals surface area contributed by atoms with Gasteiger partial charge in [0, 0.05) is 6.20 Å². The predicted molar refractivity (Wildman–Crippen MR) is 68.7 cm³/mol. The van der Waals surface area contributed by atoms with Crippen molar-refractivity contribution in [3.8, 4) is 11.6 Å². The molecule has 0 radical (unpaired) electrons. The highest BCUT2D eigenvalue weighted by Crippen LogP contribution is 2.29. The van der Waals surface area contributed by atoms with Crippen molar-refractivity contribution in [1.29, 1.82) is 0 Å². The molecule has 0 saturated heterocycles. The Morgan fingerprint density at radius 3 is 2.89 bits per heavy atom. The molecular weight excluding hydrogens is 228 g/mol. The standard InChI is InChI=1S/C13H12N4O/c1-9-6-7-17-12(9)13(15-8-16-17)18-11-5-3-2-4-10(11)14/h2-8H,14H2,1H3. The topological polar surface area (TPSA) is 65.4 Å². The van der Waals surface area contributed by atoms with Crippen molar-refractivity contribution in [3.63, 3.8) is 0 Å². The minimum atomic E-state index is 0.505. The van der Waals surface area contributed by atoms with E-state index in [0.29, 0.717) is 17.3 Å². The summed E-state index contributed by atoms with van der Waals surface area (Å²) in [7, 11) is 0. The van der Waals surface area contributed by atoms with Gasteiger partial charge in [0.1, 0.15) is 11.8 Å². The van der Waals surface area contributed by atoms with Crippen LogP contribution in [0.1, 0.15) is 5.56 Å². The number of nitrogen functional groups attached to an aromatic ring is 1. The van der Waals surface area contributed by atoms with Crippen LogP contribution in [0.3, 0.4) is 0 Å². The van der Waals surface area contributed by atoms with Gasteiger partial charge in [-0.2, -0.15) is 10.1 Å². The summed E-state index contributed by atoms with van der Waals surface area (Å²) in [5.74, 6) is 1.10. The second-order valence-corrected chi connectivity index (χ2v) is 4.00. The summed E-state index contributed by atoms with van der Waals surface area (Å²) in [5.41, 5.74) is 8.34. The molecule has 1 aromatic carbocycles. The minimum absolute atomic E-state index is 0.505. The Labute approximate surface area is 104 Å². The lowest BCUT2D eigenvalue weighted by atomic mass is 10.3. The molecule has 0 atom stereocenters. The smallest absolute Gasteiger partial charge is 0.247 e. The van der Waals surface area contributed by atoms with Gasteiger partial charge in [-0.1, -0.05) is 12.1 Å². The first kappa shape index (κ1) is 10.6. The molecule has 0 bridgehead atoms. The fourth-order valence-corrected chi connectivity index (χ4v) is 1.83. The number of nitrogens with zero attached hydrogens (tertiary/aromatic N) is 3. The lowest BCUT2D eigenvalue weighted by Crippen LogP contribution is -1.98. The lowest BCUT2D eigenvalue weighted by molar-refractivity contribution is 0.465. The second-order valence-electron chi connectivity index (χ2n) is 4.00. The molecule has 0 aliphatic rings. The monoisotopic (exact) mass is 240 g/mol. The number of hydrogen-bond acceptors (Lipinski definition) is 4. The number of benzene rings is 1. The third-order valence-electron chi connectivity index (χ3n) is 2.75. The van der Waals surface area contributed by atoms with Gasteiger partial charge in [-0.15, -0.1) is 0 Å². The molecule has 0 amide bonds. The average Bonchev–Trinajstić information content (AvgIpc) is 2.75. The third kappa shape index (κ3) is 1.66. The SMILES string of the molecule is Cc1ccn2ncnc(Oc3ccccc3N)c12. The van der Waals surface area contributed by atoms with Crippen LogP contribution in [0.2, 0.25) is 0 Å². The molecule has 0 unspecified atom stereocenters. The lowest BCUT2D eigenvalue weighted by Gasteiger charge is -2.08. The van der Waals surface area contributed by atoms with Crippen molar-refractivity contribution < 1.29 is 4.74 Å². The van der Waals surface area contributed by atoms with Crippen molar-refractivity contribution in [1.82, 2.24) is 14.6 Å². The summed E-state index contributed by atoms with van der Waals surface area (Å²) in [6.45, 7) is 1.99. The van der Waals surface area contributed by atoms with Crippen LogP contribution >= 0.6 is 0 Å². The molecule has 0 aliphatic carbocycles. The average molecular weight is 240 g/mol. The molecule has 90 valence electrons. The van der Waals surface area contributed by atoms with Crippen molar-refractivity contribution in [2.24, 2.45) is 0 Å². The van der Waals surface area contributed by atoms with Gasteiger partial charge in [0.15, 0.2) is 5.75 Å². The maximum Gasteiger partial charge on any atom is 0.247 e. The number of rotatable bonds is 2. The summed E-state index contributed by atoms with van der Waals surface area (Å²) < 4.78 is 7.50. The van der Waals surface area contributed by atoms with E-state index in [4.69, 9.17) is 10.5 Å². The van der Waals surface area contributed by atoms with Crippen LogP contribution < -0.4 is 10.5 Å². The van der Waals surface area contributed by atoms with E-state index in [1.54, 1.807) is 10.6 Å². The molecule has 5 nitrogen and oxygen atoms in total. The Bertz CT molecular complexity index is 705. The van der Waals surface area contributed by atoms with Crippen molar-refractivity contribution in [2.75, 3.05) is 5.73 Å². The van der Waals surface area contributed by atoms with Gasteiger partial charge in [-0.3, -0.25) is 0 Å². The van der Waals surface area contributed by atoms with E-state index < -0.39 is 0 Å². The number of anilines is 1. The van der Waals surface area contributed by atoms with E-state index in [9.17, 15) is 0 Å². The molecule has 2 heterocycles. The third-order valence-corrected chi connectivity index (χ3v) is 2.75. The largest absolute Gasteiger partial charge is 0.435 e. The zero-order valence-electron chi connectivity index (χ0n) is 9.87. The Morgan fingerprint density at radius 2 is 2.06 bits per heavy atom. The highest BCUT2D eigenvalue weighted by Gasteiger charge is 2.10. The maximum atomic E-state index is 5.85. The predicted octanol–water partition coefficient (Wildman–Crippen LogP) is 2.41. The van der Waals surface area contributed by atoms with Gasteiger partial charge in [0.2, 0.25) is 5.88 Å². The number of ether oxygens (including phenoxy) is 1. The van der Waals surface area contributed by atoms with E-state index in [0.717, 1.165) is 11.1 Å². The Morgan fingerprint density at radius 1 is 1.22 bits per heavy atom. The van der Waals surface area contributed by atoms with Gasteiger partial charge in [0.25, 0.3) is 0 Å². The number of nitrogens with two attached hydrogens (primary N) is 1. The molecule has 0 aliphatic heterocycles. The summed E-state index contributed by atoms with van der Waals surface area (Å²) in [5, 5.41) is 4.12. The van der Waals surface area contributed by atoms with Crippen LogP contribution in [-0.2, 0) is 0 Å². The summed E-state index contributed by atoms with van der Waals surface area (Å²) >= 11 is 0. The molecule has 0 fully saturated rings. The second kappa shape index (κ2) is 4.03. The molecule has 5 heteroatoms. The van der Waals surface area contributed by atoms with Gasteiger partial charge in [-0.25, -0.2) is 4.52 Å². The number of para-hydroxylation sites is 2. The van der Waals surface area contributed by atoms with E-state index in [1.807, 2.05) is 37.4 Å². The van der Waals surface area contributed by atoms with Crippen molar-refractivity contribution >= 4 is 11.2 Å². The van der Waals surface area contributed by atoms with Crippen molar-refractivity contribution in [3.05, 3.63) is 48.4 Å². The van der Waals surface area contributed by atoms with Crippen LogP contribution in [0, 0.1) is 6.92 Å². The van der Waals surface area contributed by atoms with Crippen LogP contribution in [0.4, 0.5) is 5.69 Å². The molecule has 0 saturated carbocycles. The van der Waals surface area contributed by atoms with Crippen LogP contribution in [0.5, 0.6) is 11.6 Å². The van der Waals surface area contributed by atoms with Gasteiger partial charge in [-0.05, 0) is 30.7 Å². The molecule has 18 heavy (non-hydrogen) atoms. The Balaban J connectivity index is 2.10. The van der Waals surface area contributed by atoms with Gasteiger partial charge < -0.3 is 10.5 Å². The molecule has 3 rings (SSSR count). The highest BCUT2D eigenvalue weighted by atomic mass is 16.5. The van der Waals surface area contributed by atoms with Gasteiger partial charge >= 0.3 is 0 Å². The fourth-order valence-electron chi connectivity index (χ4n) is 1.83. The number of fused-ring (bicyclic) bond motifs is 1. The summed E-state index contributed by atoms with van der Waals surface area (Å²) in [6, 6.07) is 9.30. The summed E-state index contributed by atoms with van der Waals surface area (Å²) in [4.78, 5) is 4.17. The van der Waals surface area contributed by atoms with E-state index in [2.05, 4.69) is 10.1 Å². The normalized spacial score (nSPS) is 10.7. The number of hydrogen-bond donors (Lipinski definition) is 1. The van der Waals surface area contributed by atoms with Crippen LogP contribution in [0.25, 0.3) is 5.52 Å². The quantitative estimate of drug-likeness (QED) is 0.698. The first-order valence-corrected chi connectivity index (χ1v) is 5.57. The zero-order valence-corrected chi connectivity index (χ0v) is 9.87. The summed E-state index contributed by atoms with van der Waals surface area (Å²) in [6.07, 6.45) is 3.33. The zero-order chi connectivity index (χ0) is 12.5. The first-order chi connectivity index (χ1) is 8.75. The highest BCUT2D eigenvalue weighted by molar-refractivity contribution is 5.64. The van der Waals surface area contributed by atoms with Crippen molar-refractivity contribution in [2.45, 2.75) is 6.92 Å². The van der Waals surface area contributed by atoms with E-state index >= 15 is 0 Å². The number of aromatic nitrogens is 3. The minimum Gasteiger partial charge on any atom is -0.435 e. The first-order valence-electron chi connectivity index (χ1n) is 5.57. The maximum absolute atomic E-state index is 5.85. The molecule has 3 aromatic rings. The molecule has 0 spiro atoms. The van der Waals surface area contributed by atoms with E-state index in [-0.39, 0.29) is 0 Å².